The number of amides is 1. The van der Waals surface area contributed by atoms with Crippen LogP contribution in [0, 0.1) is 0 Å². The topological polar surface area (TPSA) is 82.6 Å². The molecule has 0 atom stereocenters. The summed E-state index contributed by atoms with van der Waals surface area (Å²) in [7, 11) is 0. The van der Waals surface area contributed by atoms with E-state index in [1.54, 1.807) is 24.4 Å². The van der Waals surface area contributed by atoms with E-state index in [1.807, 2.05) is 87.5 Å². The average Bonchev–Trinajstić information content (AvgIpc) is 2.87. The van der Waals surface area contributed by atoms with Crippen molar-refractivity contribution in [3.63, 3.8) is 0 Å². The normalized spacial score (nSPS) is 11.0. The van der Waals surface area contributed by atoms with Crippen LogP contribution in [0.1, 0.15) is 31.9 Å². The summed E-state index contributed by atoms with van der Waals surface area (Å²) in [6, 6.07) is 27.0. The fourth-order valence-electron chi connectivity index (χ4n) is 3.31. The third-order valence-corrected chi connectivity index (χ3v) is 4.97. The molecule has 36 heavy (non-hydrogen) atoms. The second-order valence-electron chi connectivity index (χ2n) is 9.11. The molecular formula is C29H29N3O4. The fourth-order valence-corrected chi connectivity index (χ4v) is 3.31. The number of hydrogen-bond acceptors (Lipinski definition) is 6. The molecule has 0 aliphatic carbocycles. The van der Waals surface area contributed by atoms with Crippen LogP contribution < -0.4 is 14.8 Å². The van der Waals surface area contributed by atoms with Crippen molar-refractivity contribution in [2.24, 2.45) is 0 Å². The SMILES string of the molecule is CC(C)(C)OC(=O)Nc1ccc(-c2ccc(OCc3ccccc3)nc2OCc2ccccc2)nc1. The molecule has 0 aliphatic heterocycles. The van der Waals surface area contributed by atoms with Gasteiger partial charge in [-0.25, -0.2) is 4.79 Å². The van der Waals surface area contributed by atoms with E-state index in [2.05, 4.69) is 15.3 Å². The van der Waals surface area contributed by atoms with Crippen molar-refractivity contribution < 1.29 is 19.0 Å². The van der Waals surface area contributed by atoms with Gasteiger partial charge in [-0.2, -0.15) is 4.98 Å². The Kier molecular flexibility index (Phi) is 7.80. The molecule has 184 valence electrons. The van der Waals surface area contributed by atoms with Gasteiger partial charge in [-0.1, -0.05) is 60.7 Å². The second-order valence-corrected chi connectivity index (χ2v) is 9.11. The van der Waals surface area contributed by atoms with Crippen molar-refractivity contribution in [3.8, 4) is 23.0 Å². The highest BCUT2D eigenvalue weighted by Crippen LogP contribution is 2.31. The Morgan fingerprint density at radius 3 is 2.03 bits per heavy atom. The van der Waals surface area contributed by atoms with Gasteiger partial charge in [-0.3, -0.25) is 10.3 Å². The van der Waals surface area contributed by atoms with E-state index >= 15 is 0 Å². The zero-order chi connectivity index (χ0) is 25.4. The highest BCUT2D eigenvalue weighted by Gasteiger charge is 2.17. The molecule has 2 aromatic carbocycles. The minimum Gasteiger partial charge on any atom is -0.473 e. The first-order valence-electron chi connectivity index (χ1n) is 11.7. The Labute approximate surface area is 211 Å². The summed E-state index contributed by atoms with van der Waals surface area (Å²) in [6.07, 6.45) is 1.03. The lowest BCUT2D eigenvalue weighted by atomic mass is 10.1. The Morgan fingerprint density at radius 2 is 1.44 bits per heavy atom. The molecule has 1 N–H and O–H groups in total. The lowest BCUT2D eigenvalue weighted by Crippen LogP contribution is -2.27. The van der Waals surface area contributed by atoms with Gasteiger partial charge in [0.05, 0.1) is 23.1 Å². The first-order valence-corrected chi connectivity index (χ1v) is 11.7. The molecule has 0 saturated heterocycles. The molecule has 0 bridgehead atoms. The van der Waals surface area contributed by atoms with Crippen LogP contribution in [-0.2, 0) is 18.0 Å². The number of carbonyl (C=O) groups is 1. The molecule has 4 aromatic rings. The molecule has 7 nitrogen and oxygen atoms in total. The minimum absolute atomic E-state index is 0.348. The number of rotatable bonds is 8. The molecule has 0 fully saturated rings. The molecule has 0 saturated carbocycles. The van der Waals surface area contributed by atoms with Crippen molar-refractivity contribution in [3.05, 3.63) is 102 Å². The molecule has 7 heteroatoms. The summed E-state index contributed by atoms with van der Waals surface area (Å²) in [5.74, 6) is 0.860. The van der Waals surface area contributed by atoms with E-state index in [-0.39, 0.29) is 0 Å². The number of hydrogen-bond donors (Lipinski definition) is 1. The molecule has 0 aliphatic rings. The number of benzene rings is 2. The molecule has 0 spiro atoms. The van der Waals surface area contributed by atoms with Gasteiger partial charge in [-0.15, -0.1) is 0 Å². The quantitative estimate of drug-likeness (QED) is 0.302. The monoisotopic (exact) mass is 483 g/mol. The molecule has 1 amide bonds. The summed E-state index contributed by atoms with van der Waals surface area (Å²) in [5.41, 5.74) is 3.36. The maximum absolute atomic E-state index is 12.1. The van der Waals surface area contributed by atoms with Gasteiger partial charge in [0.1, 0.15) is 18.8 Å². The average molecular weight is 484 g/mol. The van der Waals surface area contributed by atoms with Crippen molar-refractivity contribution in [2.75, 3.05) is 5.32 Å². The van der Waals surface area contributed by atoms with Crippen LogP contribution in [0.5, 0.6) is 11.8 Å². The van der Waals surface area contributed by atoms with Crippen LogP contribution in [0.15, 0.2) is 91.1 Å². The minimum atomic E-state index is -0.585. The van der Waals surface area contributed by atoms with Crippen LogP contribution in [0.3, 0.4) is 0 Å². The molecular weight excluding hydrogens is 454 g/mol. The molecule has 4 rings (SSSR count). The van der Waals surface area contributed by atoms with Crippen LogP contribution in [-0.4, -0.2) is 21.7 Å². The number of nitrogens with zero attached hydrogens (tertiary/aromatic N) is 2. The third-order valence-electron chi connectivity index (χ3n) is 4.97. The highest BCUT2D eigenvalue weighted by atomic mass is 16.6. The summed E-state index contributed by atoms with van der Waals surface area (Å²) in [6.45, 7) is 6.18. The maximum Gasteiger partial charge on any atom is 0.412 e. The predicted molar refractivity (Wildman–Crippen MR) is 139 cm³/mol. The number of anilines is 1. The van der Waals surface area contributed by atoms with Gasteiger partial charge >= 0.3 is 6.09 Å². The number of pyridine rings is 2. The van der Waals surface area contributed by atoms with E-state index in [4.69, 9.17) is 14.2 Å². The fraction of sp³-hybridized carbons (Fsp3) is 0.207. The Bertz CT molecular complexity index is 1270. The maximum atomic E-state index is 12.1. The van der Waals surface area contributed by atoms with Crippen molar-refractivity contribution in [1.29, 1.82) is 0 Å². The van der Waals surface area contributed by atoms with E-state index in [0.29, 0.717) is 41.9 Å². The van der Waals surface area contributed by atoms with Crippen molar-refractivity contribution >= 4 is 11.8 Å². The van der Waals surface area contributed by atoms with Crippen molar-refractivity contribution in [2.45, 2.75) is 39.6 Å². The van der Waals surface area contributed by atoms with E-state index in [9.17, 15) is 4.79 Å². The number of carbonyl (C=O) groups excluding carboxylic acids is 1. The van der Waals surface area contributed by atoms with Crippen LogP contribution in [0.25, 0.3) is 11.3 Å². The number of aromatic nitrogens is 2. The van der Waals surface area contributed by atoms with Crippen LogP contribution >= 0.6 is 0 Å². The van der Waals surface area contributed by atoms with Gasteiger partial charge < -0.3 is 14.2 Å². The van der Waals surface area contributed by atoms with Gasteiger partial charge in [0.25, 0.3) is 0 Å². The van der Waals surface area contributed by atoms with Crippen LogP contribution in [0.2, 0.25) is 0 Å². The van der Waals surface area contributed by atoms with E-state index in [1.165, 1.54) is 0 Å². The van der Waals surface area contributed by atoms with Gasteiger partial charge in [0, 0.05) is 6.07 Å². The summed E-state index contributed by atoms with van der Waals surface area (Å²) >= 11 is 0. The van der Waals surface area contributed by atoms with E-state index in [0.717, 1.165) is 11.1 Å². The van der Waals surface area contributed by atoms with E-state index < -0.39 is 11.7 Å². The first-order chi connectivity index (χ1) is 17.4. The predicted octanol–water partition coefficient (Wildman–Crippen LogP) is 6.65. The van der Waals surface area contributed by atoms with Gasteiger partial charge in [0.2, 0.25) is 11.8 Å². The van der Waals surface area contributed by atoms with Gasteiger partial charge in [-0.05, 0) is 50.1 Å². The van der Waals surface area contributed by atoms with Crippen LogP contribution in [0.4, 0.5) is 10.5 Å². The number of nitrogens with one attached hydrogen (secondary N) is 1. The third kappa shape index (κ3) is 7.30. The molecule has 2 aromatic heterocycles. The molecule has 0 unspecified atom stereocenters. The standard InChI is InChI=1S/C29H29N3O4/c1-29(2,3)36-28(33)31-23-14-16-25(30-18-23)24-15-17-26(34-19-21-10-6-4-7-11-21)32-27(24)35-20-22-12-8-5-9-13-22/h4-18H,19-20H2,1-3H3,(H,31,33). The lowest BCUT2D eigenvalue weighted by molar-refractivity contribution is 0.0636. The summed E-state index contributed by atoms with van der Waals surface area (Å²) < 4.78 is 17.3. The Balaban J connectivity index is 1.53. The van der Waals surface area contributed by atoms with Crippen molar-refractivity contribution in [1.82, 2.24) is 9.97 Å². The molecule has 2 heterocycles. The lowest BCUT2D eigenvalue weighted by Gasteiger charge is -2.19. The summed E-state index contributed by atoms with van der Waals surface area (Å²) in [5, 5.41) is 2.69. The Hall–Kier alpha value is -4.39. The first kappa shape index (κ1) is 24.7. The largest absolute Gasteiger partial charge is 0.473 e. The smallest absolute Gasteiger partial charge is 0.412 e. The Morgan fingerprint density at radius 1 is 0.806 bits per heavy atom. The van der Waals surface area contributed by atoms with Gasteiger partial charge in [0.15, 0.2) is 0 Å². The zero-order valence-electron chi connectivity index (χ0n) is 20.6. The zero-order valence-corrected chi connectivity index (χ0v) is 20.6. The highest BCUT2D eigenvalue weighted by molar-refractivity contribution is 5.85. The number of ether oxygens (including phenoxy) is 3. The molecule has 0 radical (unpaired) electrons. The second kappa shape index (κ2) is 11.4. The summed E-state index contributed by atoms with van der Waals surface area (Å²) in [4.78, 5) is 21.2.